The van der Waals surface area contributed by atoms with Crippen LogP contribution in [0.5, 0.6) is 0 Å². The van der Waals surface area contributed by atoms with E-state index in [0.29, 0.717) is 19.5 Å². The zero-order valence-electron chi connectivity index (χ0n) is 8.92. The highest BCUT2D eigenvalue weighted by molar-refractivity contribution is 5.76. The van der Waals surface area contributed by atoms with Crippen LogP contribution in [0, 0.1) is 0 Å². The fraction of sp³-hybridized carbons (Fsp3) is 0.889. The number of aliphatic hydroxyl groups excluding tert-OH is 1. The largest absolute Gasteiger partial charge is 0.395 e. The van der Waals surface area contributed by atoms with Crippen molar-refractivity contribution in [3.8, 4) is 0 Å². The van der Waals surface area contributed by atoms with Crippen molar-refractivity contribution in [3.05, 3.63) is 0 Å². The minimum Gasteiger partial charge on any atom is -0.395 e. The molecule has 5 N–H and O–H groups in total. The van der Waals surface area contributed by atoms with Gasteiger partial charge in [0.05, 0.1) is 6.61 Å². The van der Waals surface area contributed by atoms with E-state index >= 15 is 0 Å². The van der Waals surface area contributed by atoms with E-state index in [1.54, 1.807) is 0 Å². The van der Waals surface area contributed by atoms with E-state index in [4.69, 9.17) is 10.8 Å². The molecule has 0 bridgehead atoms. The van der Waals surface area contributed by atoms with Gasteiger partial charge >= 0.3 is 0 Å². The second-order valence-corrected chi connectivity index (χ2v) is 3.54. The molecule has 1 unspecified atom stereocenters. The molecule has 0 aromatic rings. The lowest BCUT2D eigenvalue weighted by molar-refractivity contribution is -0.122. The van der Waals surface area contributed by atoms with Crippen molar-refractivity contribution in [1.82, 2.24) is 10.6 Å². The lowest BCUT2D eigenvalue weighted by Gasteiger charge is -2.16. The molecule has 0 fully saturated rings. The first-order valence-corrected chi connectivity index (χ1v) is 4.93. The third-order valence-corrected chi connectivity index (χ3v) is 1.71. The molecule has 14 heavy (non-hydrogen) atoms. The average molecular weight is 203 g/mol. The third-order valence-electron chi connectivity index (χ3n) is 1.71. The minimum absolute atomic E-state index is 0.0131. The van der Waals surface area contributed by atoms with Gasteiger partial charge in [0.25, 0.3) is 0 Å². The summed E-state index contributed by atoms with van der Waals surface area (Å²) in [7, 11) is 0. The summed E-state index contributed by atoms with van der Waals surface area (Å²) in [4.78, 5) is 11.3. The lowest BCUT2D eigenvalue weighted by Crippen LogP contribution is -2.42. The monoisotopic (exact) mass is 203 g/mol. The number of amides is 1. The fourth-order valence-corrected chi connectivity index (χ4v) is 1.11. The molecular weight excluding hydrogens is 182 g/mol. The first-order chi connectivity index (χ1) is 6.60. The molecule has 1 atom stereocenters. The van der Waals surface area contributed by atoms with E-state index < -0.39 is 0 Å². The Labute approximate surface area is 85.1 Å². The average Bonchev–Trinajstić information content (AvgIpc) is 2.10. The number of nitrogens with one attached hydrogen (secondary N) is 2. The van der Waals surface area contributed by atoms with Crippen molar-refractivity contribution in [2.45, 2.75) is 32.4 Å². The number of hydrogen-bond donors (Lipinski definition) is 4. The molecular formula is C9H21N3O2. The van der Waals surface area contributed by atoms with Gasteiger partial charge in [-0.25, -0.2) is 0 Å². The van der Waals surface area contributed by atoms with Gasteiger partial charge in [-0.3, -0.25) is 4.79 Å². The van der Waals surface area contributed by atoms with E-state index in [9.17, 15) is 4.79 Å². The Morgan fingerprint density at radius 2 is 2.14 bits per heavy atom. The number of aliphatic hydroxyl groups is 1. The van der Waals surface area contributed by atoms with E-state index in [-0.39, 0.29) is 24.6 Å². The summed E-state index contributed by atoms with van der Waals surface area (Å²) in [6, 6.07) is 0.0969. The van der Waals surface area contributed by atoms with Gasteiger partial charge in [0.2, 0.25) is 5.91 Å². The minimum atomic E-state index is -0.0547. The molecule has 0 aliphatic heterocycles. The number of rotatable bonds is 7. The zero-order chi connectivity index (χ0) is 11.0. The quantitative estimate of drug-likeness (QED) is 0.419. The van der Waals surface area contributed by atoms with Gasteiger partial charge in [-0.05, 0) is 13.8 Å². The Kier molecular flexibility index (Phi) is 7.37. The Bertz CT molecular complexity index is 162. The molecule has 0 radical (unpaired) electrons. The number of carbonyl (C=O) groups excluding carboxylic acids is 1. The van der Waals surface area contributed by atoms with Crippen molar-refractivity contribution in [3.63, 3.8) is 0 Å². The van der Waals surface area contributed by atoms with Crippen molar-refractivity contribution < 1.29 is 9.90 Å². The molecule has 0 heterocycles. The van der Waals surface area contributed by atoms with Gasteiger partial charge in [0.1, 0.15) is 0 Å². The second-order valence-electron chi connectivity index (χ2n) is 3.54. The van der Waals surface area contributed by atoms with Crippen molar-refractivity contribution >= 4 is 5.91 Å². The summed E-state index contributed by atoms with van der Waals surface area (Å²) in [5, 5.41) is 14.4. The molecule has 0 spiro atoms. The van der Waals surface area contributed by atoms with Gasteiger partial charge in [-0.2, -0.15) is 0 Å². The van der Waals surface area contributed by atoms with Crippen LogP contribution in [0.25, 0.3) is 0 Å². The topological polar surface area (TPSA) is 87.4 Å². The molecule has 0 saturated heterocycles. The zero-order valence-corrected chi connectivity index (χ0v) is 8.92. The van der Waals surface area contributed by atoms with Crippen LogP contribution in [0.15, 0.2) is 0 Å². The summed E-state index contributed by atoms with van der Waals surface area (Å²) in [5.41, 5.74) is 5.47. The highest BCUT2D eigenvalue weighted by Crippen LogP contribution is 1.91. The summed E-state index contributed by atoms with van der Waals surface area (Å²) in [6.45, 7) is 4.75. The second kappa shape index (κ2) is 7.73. The normalized spacial score (nSPS) is 12.9. The van der Waals surface area contributed by atoms with Crippen LogP contribution >= 0.6 is 0 Å². The smallest absolute Gasteiger partial charge is 0.221 e. The molecule has 0 aliphatic carbocycles. The maximum absolute atomic E-state index is 11.3. The van der Waals surface area contributed by atoms with Gasteiger partial charge in [0.15, 0.2) is 0 Å². The van der Waals surface area contributed by atoms with Crippen LogP contribution in [0.2, 0.25) is 0 Å². The van der Waals surface area contributed by atoms with Crippen LogP contribution in [0.4, 0.5) is 0 Å². The highest BCUT2D eigenvalue weighted by atomic mass is 16.3. The van der Waals surface area contributed by atoms with E-state index in [0.717, 1.165) is 0 Å². The van der Waals surface area contributed by atoms with Gasteiger partial charge in [-0.15, -0.1) is 0 Å². The number of nitrogens with two attached hydrogens (primary N) is 1. The van der Waals surface area contributed by atoms with Crippen molar-refractivity contribution in [2.24, 2.45) is 5.73 Å². The Morgan fingerprint density at radius 1 is 1.50 bits per heavy atom. The number of hydrogen-bond acceptors (Lipinski definition) is 4. The molecule has 1 amide bonds. The van der Waals surface area contributed by atoms with Crippen LogP contribution in [-0.4, -0.2) is 42.8 Å². The molecule has 0 aromatic heterocycles. The third kappa shape index (κ3) is 6.82. The van der Waals surface area contributed by atoms with Crippen LogP contribution in [0.3, 0.4) is 0 Å². The van der Waals surface area contributed by atoms with Crippen molar-refractivity contribution in [2.75, 3.05) is 19.7 Å². The Hall–Kier alpha value is -0.650. The molecule has 0 saturated carbocycles. The van der Waals surface area contributed by atoms with E-state index in [2.05, 4.69) is 10.6 Å². The molecule has 0 rings (SSSR count). The molecule has 5 heteroatoms. The first-order valence-electron chi connectivity index (χ1n) is 4.93. The Balaban J connectivity index is 3.74. The number of carbonyl (C=O) groups is 1. The van der Waals surface area contributed by atoms with Crippen LogP contribution in [0.1, 0.15) is 20.3 Å². The lowest BCUT2D eigenvalue weighted by atomic mass is 10.2. The molecule has 0 aromatic carbocycles. The predicted octanol–water partition coefficient (Wildman–Crippen LogP) is -1.19. The van der Waals surface area contributed by atoms with E-state index in [1.165, 1.54) is 0 Å². The fourth-order valence-electron chi connectivity index (χ4n) is 1.11. The van der Waals surface area contributed by atoms with Crippen LogP contribution in [-0.2, 0) is 4.79 Å². The highest BCUT2D eigenvalue weighted by Gasteiger charge is 2.11. The maximum atomic E-state index is 11.3. The molecule has 84 valence electrons. The molecule has 5 nitrogen and oxygen atoms in total. The predicted molar refractivity (Wildman–Crippen MR) is 55.8 cm³/mol. The van der Waals surface area contributed by atoms with Crippen LogP contribution < -0.4 is 16.4 Å². The molecule has 0 aliphatic rings. The van der Waals surface area contributed by atoms with Gasteiger partial charge < -0.3 is 21.5 Å². The van der Waals surface area contributed by atoms with Gasteiger partial charge in [0, 0.05) is 31.6 Å². The standard InChI is InChI=1S/C9H21N3O2/c1-7(2)12-9(14)5-8(6-10)11-3-4-13/h7-8,11,13H,3-6,10H2,1-2H3,(H,12,14). The van der Waals surface area contributed by atoms with E-state index in [1.807, 2.05) is 13.8 Å². The summed E-state index contributed by atoms with van der Waals surface area (Å²) >= 11 is 0. The Morgan fingerprint density at radius 3 is 2.57 bits per heavy atom. The summed E-state index contributed by atoms with van der Waals surface area (Å²) < 4.78 is 0. The maximum Gasteiger partial charge on any atom is 0.221 e. The van der Waals surface area contributed by atoms with Crippen molar-refractivity contribution in [1.29, 1.82) is 0 Å². The SMILES string of the molecule is CC(C)NC(=O)CC(CN)NCCO. The summed E-state index contributed by atoms with van der Waals surface area (Å²) in [5.74, 6) is -0.0131. The first kappa shape index (κ1) is 13.4. The summed E-state index contributed by atoms with van der Waals surface area (Å²) in [6.07, 6.45) is 0.356. The van der Waals surface area contributed by atoms with Gasteiger partial charge in [-0.1, -0.05) is 0 Å².